The lowest BCUT2D eigenvalue weighted by atomic mass is 10.0. The van der Waals surface area contributed by atoms with E-state index in [-0.39, 0.29) is 38.5 Å². The Morgan fingerprint density at radius 3 is 2.23 bits per heavy atom. The quantitative estimate of drug-likeness (QED) is 0.251. The van der Waals surface area contributed by atoms with Gasteiger partial charge in [-0.2, -0.15) is 13.2 Å². The molecule has 0 fully saturated rings. The van der Waals surface area contributed by atoms with Crippen LogP contribution in [0.4, 0.5) is 22.0 Å². The molecule has 3 aromatic rings. The summed E-state index contributed by atoms with van der Waals surface area (Å²) < 4.78 is 65.8. The first-order chi connectivity index (χ1) is 14.5. The molecule has 0 aliphatic carbocycles. The van der Waals surface area contributed by atoms with Gasteiger partial charge in [-0.3, -0.25) is 9.59 Å². The summed E-state index contributed by atoms with van der Waals surface area (Å²) in [6.45, 7) is 3.17. The molecule has 1 heterocycles. The first kappa shape index (κ1) is 23.3. The number of pyridine rings is 1. The minimum Gasteiger partial charge on any atom is -0.346 e. The highest BCUT2D eigenvalue weighted by Crippen LogP contribution is 2.37. The van der Waals surface area contributed by atoms with E-state index in [1.165, 1.54) is 24.3 Å². The number of Topliss-reactive ketones (excluding diaryl/α,β-unsaturated/α-hetero) is 1. The van der Waals surface area contributed by atoms with Gasteiger partial charge in [-0.25, -0.2) is 8.78 Å². The van der Waals surface area contributed by atoms with Gasteiger partial charge in [-0.05, 0) is 41.6 Å². The van der Waals surface area contributed by atoms with E-state index >= 15 is 0 Å². The Bertz CT molecular complexity index is 1190. The number of nitrogens with one attached hydrogen (secondary N) is 1. The molecule has 164 valence electrons. The Kier molecular flexibility index (Phi) is 6.80. The third-order valence-corrected chi connectivity index (χ3v) is 6.15. The van der Waals surface area contributed by atoms with Gasteiger partial charge in [0.25, 0.3) is 0 Å². The van der Waals surface area contributed by atoms with Gasteiger partial charge in [0.15, 0.2) is 5.78 Å². The molecule has 0 saturated carbocycles. The molecule has 0 bridgehead atoms. The summed E-state index contributed by atoms with van der Waals surface area (Å²) in [5.41, 5.74) is -5.28. The van der Waals surface area contributed by atoms with Gasteiger partial charge < -0.3 is 4.98 Å². The molecule has 10 heteroatoms. The number of H-pyrrole nitrogens is 1. The number of thioether (sulfide) groups is 2. The van der Waals surface area contributed by atoms with Gasteiger partial charge in [-0.15, -0.1) is 11.8 Å². The highest BCUT2D eigenvalue weighted by Gasteiger charge is 2.29. The van der Waals surface area contributed by atoms with Gasteiger partial charge in [-0.1, -0.05) is 26.0 Å². The molecule has 31 heavy (non-hydrogen) atoms. The molecule has 0 saturated heterocycles. The summed E-state index contributed by atoms with van der Waals surface area (Å²) in [6.07, 6.45) is 0. The van der Waals surface area contributed by atoms with Crippen molar-refractivity contribution in [3.05, 3.63) is 69.4 Å². The zero-order valence-corrected chi connectivity index (χ0v) is 17.9. The average molecular weight is 473 g/mol. The number of rotatable bonds is 6. The van der Waals surface area contributed by atoms with Crippen molar-refractivity contribution >= 4 is 40.2 Å². The molecule has 0 radical (unpaired) electrons. The first-order valence-electron chi connectivity index (χ1n) is 9.03. The summed E-state index contributed by atoms with van der Waals surface area (Å²) in [4.78, 5) is 28.2. The standard InChI is InChI=1S/C21H16F5NO2S2/c1-10(2)18(28)16-19(29)15-13(22)7-8-14(23)17(15)27-20(16)30-9-11-3-5-12(6-4-11)31-21(24,25)26/h3-8,10H,9H2,1-2H3,(H,27,29). The van der Waals surface area contributed by atoms with Crippen LogP contribution >= 0.6 is 23.5 Å². The number of carbonyl (C=O) groups excluding carboxylic acids is 1. The van der Waals surface area contributed by atoms with Crippen molar-refractivity contribution in [1.82, 2.24) is 4.98 Å². The molecule has 1 aromatic heterocycles. The van der Waals surface area contributed by atoms with Crippen molar-refractivity contribution in [1.29, 1.82) is 0 Å². The summed E-state index contributed by atoms with van der Waals surface area (Å²) in [5.74, 6) is -2.68. The third-order valence-electron chi connectivity index (χ3n) is 4.33. The summed E-state index contributed by atoms with van der Waals surface area (Å²) in [6, 6.07) is 7.31. The number of ketones is 1. The minimum absolute atomic E-state index is 0.0218. The van der Waals surface area contributed by atoms with Gasteiger partial charge in [0.2, 0.25) is 5.43 Å². The average Bonchev–Trinajstić information content (AvgIpc) is 2.68. The maximum Gasteiger partial charge on any atom is 0.446 e. The van der Waals surface area contributed by atoms with Crippen LogP contribution < -0.4 is 5.43 Å². The Hall–Kier alpha value is -2.33. The highest BCUT2D eigenvalue weighted by molar-refractivity contribution is 8.00. The number of carbonyl (C=O) groups is 1. The molecule has 0 atom stereocenters. The Morgan fingerprint density at radius 2 is 1.65 bits per heavy atom. The largest absolute Gasteiger partial charge is 0.446 e. The van der Waals surface area contributed by atoms with Crippen LogP contribution in [-0.4, -0.2) is 16.3 Å². The van der Waals surface area contributed by atoms with Crippen molar-refractivity contribution < 1.29 is 26.7 Å². The van der Waals surface area contributed by atoms with E-state index in [0.717, 1.165) is 23.9 Å². The number of alkyl halides is 3. The van der Waals surface area contributed by atoms with Crippen LogP contribution in [0.3, 0.4) is 0 Å². The lowest BCUT2D eigenvalue weighted by Gasteiger charge is -2.13. The van der Waals surface area contributed by atoms with Gasteiger partial charge in [0, 0.05) is 16.6 Å². The van der Waals surface area contributed by atoms with E-state index in [2.05, 4.69) is 4.98 Å². The molecule has 0 aliphatic rings. The van der Waals surface area contributed by atoms with Crippen LogP contribution in [0.2, 0.25) is 0 Å². The fourth-order valence-electron chi connectivity index (χ4n) is 2.86. The zero-order valence-electron chi connectivity index (χ0n) is 16.3. The van der Waals surface area contributed by atoms with E-state index in [1.54, 1.807) is 13.8 Å². The van der Waals surface area contributed by atoms with Gasteiger partial charge in [0.1, 0.15) is 11.6 Å². The second-order valence-corrected chi connectivity index (χ2v) is 9.06. The van der Waals surface area contributed by atoms with Crippen LogP contribution in [0.15, 0.2) is 51.1 Å². The van der Waals surface area contributed by atoms with E-state index in [4.69, 9.17) is 0 Å². The molecule has 0 unspecified atom stereocenters. The van der Waals surface area contributed by atoms with Crippen molar-refractivity contribution in [2.45, 2.75) is 35.0 Å². The van der Waals surface area contributed by atoms with E-state index in [0.29, 0.717) is 5.56 Å². The van der Waals surface area contributed by atoms with E-state index < -0.39 is 39.7 Å². The van der Waals surface area contributed by atoms with E-state index in [1.807, 2.05) is 0 Å². The Labute approximate surface area is 182 Å². The topological polar surface area (TPSA) is 49.9 Å². The number of fused-ring (bicyclic) bond motifs is 1. The monoisotopic (exact) mass is 473 g/mol. The molecular formula is C21H16F5NO2S2. The molecule has 0 spiro atoms. The van der Waals surface area contributed by atoms with Gasteiger partial charge >= 0.3 is 5.51 Å². The number of aromatic nitrogens is 1. The second kappa shape index (κ2) is 9.04. The summed E-state index contributed by atoms with van der Waals surface area (Å²) in [7, 11) is 0. The van der Waals surface area contributed by atoms with Crippen molar-refractivity contribution in [2.24, 2.45) is 5.92 Å². The number of hydrogen-bond acceptors (Lipinski definition) is 4. The van der Waals surface area contributed by atoms with Crippen molar-refractivity contribution in [3.8, 4) is 0 Å². The molecule has 2 aromatic carbocycles. The molecular weight excluding hydrogens is 457 g/mol. The predicted octanol–water partition coefficient (Wildman–Crippen LogP) is 6.55. The minimum atomic E-state index is -4.40. The second-order valence-electron chi connectivity index (χ2n) is 6.94. The van der Waals surface area contributed by atoms with Crippen LogP contribution in [0.1, 0.15) is 29.8 Å². The molecule has 0 aliphatic heterocycles. The molecule has 3 nitrogen and oxygen atoms in total. The number of hydrogen-bond donors (Lipinski definition) is 1. The van der Waals surface area contributed by atoms with Crippen molar-refractivity contribution in [3.63, 3.8) is 0 Å². The fraction of sp³-hybridized carbons (Fsp3) is 0.238. The normalized spacial score (nSPS) is 12.0. The van der Waals surface area contributed by atoms with E-state index in [9.17, 15) is 31.5 Å². The SMILES string of the molecule is CC(C)C(=O)c1c(SCc2ccc(SC(F)(F)F)cc2)[nH]c2c(F)ccc(F)c2c1=O. The van der Waals surface area contributed by atoms with Crippen LogP contribution in [0, 0.1) is 17.6 Å². The maximum atomic E-state index is 14.2. The molecule has 1 N–H and O–H groups in total. The maximum absolute atomic E-state index is 14.2. The van der Waals surface area contributed by atoms with Crippen LogP contribution in [-0.2, 0) is 5.75 Å². The Morgan fingerprint density at radius 1 is 1.03 bits per heavy atom. The lowest BCUT2D eigenvalue weighted by molar-refractivity contribution is -0.0328. The van der Waals surface area contributed by atoms with Crippen LogP contribution in [0.5, 0.6) is 0 Å². The zero-order chi connectivity index (χ0) is 22.9. The predicted molar refractivity (Wildman–Crippen MR) is 112 cm³/mol. The molecule has 3 rings (SSSR count). The summed E-state index contributed by atoms with van der Waals surface area (Å²) in [5, 5.41) is -0.448. The van der Waals surface area contributed by atoms with Crippen molar-refractivity contribution in [2.75, 3.05) is 0 Å². The number of benzene rings is 2. The first-order valence-corrected chi connectivity index (χ1v) is 10.8. The fourth-order valence-corrected chi connectivity index (χ4v) is 4.42. The Balaban J connectivity index is 1.99. The third kappa shape index (κ3) is 5.30. The van der Waals surface area contributed by atoms with Gasteiger partial charge in [0.05, 0.1) is 21.5 Å². The smallest absolute Gasteiger partial charge is 0.346 e. The highest BCUT2D eigenvalue weighted by atomic mass is 32.2. The number of halogens is 5. The van der Waals surface area contributed by atoms with Crippen LogP contribution in [0.25, 0.3) is 10.9 Å². The molecule has 0 amide bonds. The lowest BCUT2D eigenvalue weighted by Crippen LogP contribution is -2.22. The number of aromatic amines is 1. The summed E-state index contributed by atoms with van der Waals surface area (Å²) >= 11 is 0.778.